The topological polar surface area (TPSA) is 52.6 Å². The summed E-state index contributed by atoms with van der Waals surface area (Å²) in [5.74, 6) is 2.10. The highest BCUT2D eigenvalue weighted by Crippen LogP contribution is 2.41. The van der Waals surface area contributed by atoms with E-state index in [1.54, 1.807) is 24.6 Å². The van der Waals surface area contributed by atoms with Gasteiger partial charge in [0.1, 0.15) is 0 Å². The standard InChI is InChI=1S/C12H12N2O3S/c1-15-9-4-8(5-10-11(9)17-7-16-10)6-14-12-13-2-3-18-12/h2-5H,6-7H2,1H3,(H,13,14). The van der Waals surface area contributed by atoms with Crippen LogP contribution in [-0.2, 0) is 6.54 Å². The summed E-state index contributed by atoms with van der Waals surface area (Å²) in [6, 6.07) is 3.89. The summed E-state index contributed by atoms with van der Waals surface area (Å²) in [5.41, 5.74) is 1.06. The molecule has 94 valence electrons. The largest absolute Gasteiger partial charge is 0.493 e. The number of methoxy groups -OCH3 is 1. The molecule has 2 heterocycles. The number of nitrogens with one attached hydrogen (secondary N) is 1. The number of aromatic nitrogens is 1. The lowest BCUT2D eigenvalue weighted by atomic mass is 10.2. The minimum Gasteiger partial charge on any atom is -0.493 e. The van der Waals surface area contributed by atoms with Crippen LogP contribution in [0.4, 0.5) is 5.13 Å². The fraction of sp³-hybridized carbons (Fsp3) is 0.250. The molecule has 2 aromatic rings. The van der Waals surface area contributed by atoms with Crippen LogP contribution >= 0.6 is 11.3 Å². The summed E-state index contributed by atoms with van der Waals surface area (Å²) in [6.07, 6.45) is 1.77. The van der Waals surface area contributed by atoms with Crippen molar-refractivity contribution in [2.45, 2.75) is 6.54 Å². The monoisotopic (exact) mass is 264 g/mol. The van der Waals surface area contributed by atoms with Crippen LogP contribution in [0.25, 0.3) is 0 Å². The Morgan fingerprint density at radius 2 is 2.39 bits per heavy atom. The van der Waals surface area contributed by atoms with Crippen LogP contribution in [0.2, 0.25) is 0 Å². The van der Waals surface area contributed by atoms with Crippen molar-refractivity contribution in [2.24, 2.45) is 0 Å². The molecule has 18 heavy (non-hydrogen) atoms. The van der Waals surface area contributed by atoms with Crippen molar-refractivity contribution in [2.75, 3.05) is 19.2 Å². The van der Waals surface area contributed by atoms with Gasteiger partial charge in [-0.15, -0.1) is 11.3 Å². The predicted octanol–water partition coefficient (Wildman–Crippen LogP) is 2.49. The summed E-state index contributed by atoms with van der Waals surface area (Å²) in [6.45, 7) is 0.912. The maximum Gasteiger partial charge on any atom is 0.231 e. The first-order valence-electron chi connectivity index (χ1n) is 5.46. The molecule has 0 saturated carbocycles. The summed E-state index contributed by atoms with van der Waals surface area (Å²) in [5, 5.41) is 6.07. The summed E-state index contributed by atoms with van der Waals surface area (Å²) in [4.78, 5) is 4.17. The Morgan fingerprint density at radius 1 is 1.44 bits per heavy atom. The number of hydrogen-bond acceptors (Lipinski definition) is 6. The number of benzene rings is 1. The molecule has 1 aromatic heterocycles. The summed E-state index contributed by atoms with van der Waals surface area (Å²) in [7, 11) is 1.62. The fourth-order valence-corrected chi connectivity index (χ4v) is 2.30. The lowest BCUT2D eigenvalue weighted by molar-refractivity contribution is 0.171. The van der Waals surface area contributed by atoms with E-state index in [-0.39, 0.29) is 6.79 Å². The maximum absolute atomic E-state index is 5.38. The fourth-order valence-electron chi connectivity index (χ4n) is 1.77. The third kappa shape index (κ3) is 2.06. The van der Waals surface area contributed by atoms with Crippen molar-refractivity contribution >= 4 is 16.5 Å². The van der Waals surface area contributed by atoms with E-state index in [4.69, 9.17) is 14.2 Å². The molecular weight excluding hydrogens is 252 g/mol. The quantitative estimate of drug-likeness (QED) is 0.919. The summed E-state index contributed by atoms with van der Waals surface area (Å²) < 4.78 is 16.0. The highest BCUT2D eigenvalue weighted by atomic mass is 32.1. The molecule has 0 amide bonds. The first-order valence-corrected chi connectivity index (χ1v) is 6.34. The van der Waals surface area contributed by atoms with E-state index >= 15 is 0 Å². The molecule has 1 N–H and O–H groups in total. The highest BCUT2D eigenvalue weighted by Gasteiger charge is 2.19. The molecule has 1 aliphatic rings. The van der Waals surface area contributed by atoms with E-state index in [9.17, 15) is 0 Å². The van der Waals surface area contributed by atoms with Gasteiger partial charge in [0.2, 0.25) is 12.5 Å². The second-order valence-electron chi connectivity index (χ2n) is 3.72. The van der Waals surface area contributed by atoms with Gasteiger partial charge in [-0.25, -0.2) is 4.98 Å². The molecule has 0 atom stereocenters. The van der Waals surface area contributed by atoms with Crippen LogP contribution in [-0.4, -0.2) is 18.9 Å². The van der Waals surface area contributed by atoms with Gasteiger partial charge in [0.15, 0.2) is 16.6 Å². The molecule has 0 bridgehead atoms. The van der Waals surface area contributed by atoms with Crippen LogP contribution in [0.5, 0.6) is 17.2 Å². The average Bonchev–Trinajstić information content (AvgIpc) is 3.06. The Labute approximate surface area is 108 Å². The molecule has 0 unspecified atom stereocenters. The molecule has 5 nitrogen and oxygen atoms in total. The zero-order valence-corrected chi connectivity index (χ0v) is 10.6. The van der Waals surface area contributed by atoms with Gasteiger partial charge in [0.05, 0.1) is 7.11 Å². The molecule has 6 heteroatoms. The molecule has 0 spiro atoms. The van der Waals surface area contributed by atoms with Crippen molar-refractivity contribution in [3.63, 3.8) is 0 Å². The lowest BCUT2D eigenvalue weighted by Crippen LogP contribution is -1.99. The Hall–Kier alpha value is -1.95. The molecular formula is C12H12N2O3S. The van der Waals surface area contributed by atoms with Crippen LogP contribution in [0.3, 0.4) is 0 Å². The van der Waals surface area contributed by atoms with Gasteiger partial charge in [0, 0.05) is 18.1 Å². The van der Waals surface area contributed by atoms with Crippen LogP contribution in [0.1, 0.15) is 5.56 Å². The third-order valence-electron chi connectivity index (χ3n) is 2.59. The van der Waals surface area contributed by atoms with Crippen LogP contribution in [0, 0.1) is 0 Å². The van der Waals surface area contributed by atoms with Gasteiger partial charge in [-0.1, -0.05) is 0 Å². The SMILES string of the molecule is COc1cc(CNc2nccs2)cc2c1OCO2. The number of anilines is 1. The van der Waals surface area contributed by atoms with Gasteiger partial charge >= 0.3 is 0 Å². The molecule has 0 radical (unpaired) electrons. The Balaban J connectivity index is 1.80. The van der Waals surface area contributed by atoms with Gasteiger partial charge in [-0.2, -0.15) is 0 Å². The number of nitrogens with zero attached hydrogens (tertiary/aromatic N) is 1. The second-order valence-corrected chi connectivity index (χ2v) is 4.62. The summed E-state index contributed by atoms with van der Waals surface area (Å²) >= 11 is 1.57. The third-order valence-corrected chi connectivity index (χ3v) is 3.33. The second kappa shape index (κ2) is 4.73. The van der Waals surface area contributed by atoms with E-state index in [2.05, 4.69) is 10.3 Å². The number of ether oxygens (including phenoxy) is 3. The van der Waals surface area contributed by atoms with E-state index in [1.807, 2.05) is 17.5 Å². The molecule has 1 aliphatic heterocycles. The minimum absolute atomic E-state index is 0.245. The normalized spacial score (nSPS) is 12.5. The average molecular weight is 264 g/mol. The van der Waals surface area contributed by atoms with Gasteiger partial charge in [0.25, 0.3) is 0 Å². The van der Waals surface area contributed by atoms with Crippen LogP contribution in [0.15, 0.2) is 23.7 Å². The number of fused-ring (bicyclic) bond motifs is 1. The van der Waals surface area contributed by atoms with Crippen molar-refractivity contribution in [3.05, 3.63) is 29.3 Å². The van der Waals surface area contributed by atoms with Gasteiger partial charge < -0.3 is 19.5 Å². The number of hydrogen-bond donors (Lipinski definition) is 1. The predicted molar refractivity (Wildman–Crippen MR) is 68.6 cm³/mol. The van der Waals surface area contributed by atoms with Crippen molar-refractivity contribution in [1.82, 2.24) is 4.98 Å². The highest BCUT2D eigenvalue weighted by molar-refractivity contribution is 7.13. The molecule has 1 aromatic carbocycles. The number of thiazole rings is 1. The minimum atomic E-state index is 0.245. The van der Waals surface area contributed by atoms with Gasteiger partial charge in [-0.05, 0) is 17.7 Å². The van der Waals surface area contributed by atoms with Crippen LogP contribution < -0.4 is 19.5 Å². The molecule has 0 aliphatic carbocycles. The first-order chi connectivity index (χ1) is 8.86. The van der Waals surface area contributed by atoms with E-state index in [0.29, 0.717) is 18.0 Å². The zero-order valence-electron chi connectivity index (χ0n) is 9.80. The van der Waals surface area contributed by atoms with Gasteiger partial charge in [-0.3, -0.25) is 0 Å². The lowest BCUT2D eigenvalue weighted by Gasteiger charge is -2.08. The molecule has 0 fully saturated rings. The van der Waals surface area contributed by atoms with E-state index in [0.717, 1.165) is 16.4 Å². The molecule has 0 saturated heterocycles. The smallest absolute Gasteiger partial charge is 0.231 e. The maximum atomic E-state index is 5.38. The number of rotatable bonds is 4. The Bertz CT molecular complexity index is 543. The van der Waals surface area contributed by atoms with Crippen molar-refractivity contribution in [1.29, 1.82) is 0 Å². The van der Waals surface area contributed by atoms with E-state index < -0.39 is 0 Å². The van der Waals surface area contributed by atoms with Crippen molar-refractivity contribution < 1.29 is 14.2 Å². The first kappa shape index (κ1) is 11.2. The van der Waals surface area contributed by atoms with Crippen molar-refractivity contribution in [3.8, 4) is 17.2 Å². The van der Waals surface area contributed by atoms with E-state index in [1.165, 1.54) is 0 Å². The Morgan fingerprint density at radius 3 is 3.17 bits per heavy atom. The Kier molecular flexibility index (Phi) is 2.93. The zero-order chi connectivity index (χ0) is 12.4. The molecule has 3 rings (SSSR count).